The molecule has 0 spiro atoms. The molecule has 18 heavy (non-hydrogen) atoms. The zero-order valence-corrected chi connectivity index (χ0v) is 13.8. The van der Waals surface area contributed by atoms with Gasteiger partial charge in [0.2, 0.25) is 0 Å². The van der Waals surface area contributed by atoms with E-state index in [4.69, 9.17) is 11.8 Å². The van der Waals surface area contributed by atoms with Crippen LogP contribution in [-0.2, 0) is 17.1 Å². The summed E-state index contributed by atoms with van der Waals surface area (Å²) >= 11 is 0.513. The average molecular weight is 349 g/mol. The predicted octanol–water partition coefficient (Wildman–Crippen LogP) is 0.871. The van der Waals surface area contributed by atoms with E-state index in [1.807, 2.05) is 0 Å². The van der Waals surface area contributed by atoms with Gasteiger partial charge >= 0.3 is 129 Å². The molecule has 0 unspecified atom stereocenters. The molecule has 0 aliphatic carbocycles. The van der Waals surface area contributed by atoms with Gasteiger partial charge in [-0.3, -0.25) is 0 Å². The van der Waals surface area contributed by atoms with Gasteiger partial charge in [0.15, 0.2) is 0 Å². The van der Waals surface area contributed by atoms with Crippen LogP contribution in [0.4, 0.5) is 0 Å². The number of rotatable bonds is 5. The van der Waals surface area contributed by atoms with Crippen molar-refractivity contribution in [3.05, 3.63) is 47.4 Å². The summed E-state index contributed by atoms with van der Waals surface area (Å²) in [6.07, 6.45) is 3.71. The third-order valence-corrected chi connectivity index (χ3v) is 3.07. The summed E-state index contributed by atoms with van der Waals surface area (Å²) in [6, 6.07) is 10.6. The third kappa shape index (κ3) is 10.1. The minimum absolute atomic E-state index is 0. The molecule has 0 N–H and O–H groups in total. The zero-order valence-electron chi connectivity index (χ0n) is 11.2. The normalized spacial score (nSPS) is 9.22. The van der Waals surface area contributed by atoms with Crippen molar-refractivity contribution in [1.82, 2.24) is 0 Å². The molecule has 0 atom stereocenters. The second-order valence-electron chi connectivity index (χ2n) is 3.25. The van der Waals surface area contributed by atoms with Crippen molar-refractivity contribution in [2.45, 2.75) is 32.0 Å². The minimum Gasteiger partial charge on any atom is -0.512 e. The monoisotopic (exact) mass is 349 g/mol. The molecule has 0 aromatic heterocycles. The molecule has 1 nitrogen and oxygen atoms in total. The molecular formula is C14H17CuLiNSe. The fraction of sp³-hybridized carbons (Fsp3) is 0.357. The van der Waals surface area contributed by atoms with E-state index >= 15 is 0 Å². The SMILES string of the molecule is CCCCC(=[C-][Se]C)c1ccccc1.[C-]#N.[Cu+].[Li+]. The number of hydrogen-bond donors (Lipinski definition) is 0. The fourth-order valence-electron chi connectivity index (χ4n) is 1.37. The van der Waals surface area contributed by atoms with Crippen molar-refractivity contribution in [2.24, 2.45) is 0 Å². The Morgan fingerprint density at radius 3 is 2.28 bits per heavy atom. The summed E-state index contributed by atoms with van der Waals surface area (Å²) in [7, 11) is 0. The summed E-state index contributed by atoms with van der Waals surface area (Å²) in [4.78, 5) is 3.51. The quantitative estimate of drug-likeness (QED) is 0.572. The largest absolute Gasteiger partial charge is 1.00 e. The molecule has 0 aliphatic heterocycles. The van der Waals surface area contributed by atoms with E-state index in [-0.39, 0.29) is 35.9 Å². The van der Waals surface area contributed by atoms with Crippen LogP contribution in [0.1, 0.15) is 31.7 Å². The van der Waals surface area contributed by atoms with Gasteiger partial charge in [-0.1, -0.05) is 0 Å². The van der Waals surface area contributed by atoms with Crippen molar-refractivity contribution in [3.8, 4) is 0 Å². The Morgan fingerprint density at radius 2 is 1.83 bits per heavy atom. The second-order valence-corrected chi connectivity index (χ2v) is 4.54. The van der Waals surface area contributed by atoms with Crippen molar-refractivity contribution >= 4 is 20.5 Å². The van der Waals surface area contributed by atoms with Gasteiger partial charge in [-0.05, 0) is 0 Å². The molecule has 0 saturated carbocycles. The van der Waals surface area contributed by atoms with Crippen LogP contribution in [0.25, 0.3) is 5.57 Å². The van der Waals surface area contributed by atoms with Gasteiger partial charge in [0, 0.05) is 0 Å². The van der Waals surface area contributed by atoms with Gasteiger partial charge < -0.3 is 11.8 Å². The zero-order chi connectivity index (χ0) is 12.2. The van der Waals surface area contributed by atoms with Gasteiger partial charge in [-0.15, -0.1) is 0 Å². The molecule has 0 heterocycles. The van der Waals surface area contributed by atoms with Gasteiger partial charge in [0.25, 0.3) is 0 Å². The Hall–Kier alpha value is 0.0864. The number of benzene rings is 1. The minimum atomic E-state index is 0. The van der Waals surface area contributed by atoms with E-state index in [1.165, 1.54) is 30.4 Å². The predicted molar refractivity (Wildman–Crippen MR) is 69.2 cm³/mol. The third-order valence-electron chi connectivity index (χ3n) is 2.13. The molecular weight excluding hydrogens is 332 g/mol. The number of allylic oxidation sites excluding steroid dienone is 1. The van der Waals surface area contributed by atoms with Crippen LogP contribution in [-0.4, -0.2) is 15.0 Å². The Kier molecular flexibility index (Phi) is 22.0. The number of nitrogens with zero attached hydrogens (tertiary/aromatic N) is 1. The number of unbranched alkanes of at least 4 members (excludes halogenated alkanes) is 1. The summed E-state index contributed by atoms with van der Waals surface area (Å²) < 4.78 is 0. The molecule has 0 amide bonds. The molecule has 96 valence electrons. The van der Waals surface area contributed by atoms with E-state index in [1.54, 1.807) is 0 Å². The van der Waals surface area contributed by atoms with Crippen molar-refractivity contribution in [1.29, 1.82) is 5.26 Å². The van der Waals surface area contributed by atoms with Crippen molar-refractivity contribution < 1.29 is 35.9 Å². The number of hydrogen-bond acceptors (Lipinski definition) is 1. The fourth-order valence-corrected chi connectivity index (χ4v) is 2.35. The molecule has 0 radical (unpaired) electrons. The standard InChI is InChI=1S/C13H17Se.CN.Cu.Li/c1-3-4-8-13(11-14-2)12-9-6-5-7-10-12;1-2;;/h5-7,9-10H,3-4,8H2,1-2H3;;;/q2*-1;2*+1. The Bertz CT molecular complexity index is 325. The van der Waals surface area contributed by atoms with E-state index < -0.39 is 0 Å². The van der Waals surface area contributed by atoms with Crippen molar-refractivity contribution in [3.63, 3.8) is 0 Å². The van der Waals surface area contributed by atoms with E-state index in [0.29, 0.717) is 15.0 Å². The van der Waals surface area contributed by atoms with Gasteiger partial charge in [0.05, 0.1) is 0 Å². The molecule has 0 fully saturated rings. The van der Waals surface area contributed by atoms with Gasteiger partial charge in [-0.25, -0.2) is 0 Å². The van der Waals surface area contributed by atoms with E-state index in [9.17, 15) is 0 Å². The van der Waals surface area contributed by atoms with Crippen LogP contribution < -0.4 is 18.9 Å². The Morgan fingerprint density at radius 1 is 1.28 bits per heavy atom. The smallest absolute Gasteiger partial charge is 0.512 e. The first-order chi connectivity index (χ1) is 7.88. The second kappa shape index (κ2) is 17.1. The van der Waals surface area contributed by atoms with Crippen LogP contribution in [0.5, 0.6) is 0 Å². The van der Waals surface area contributed by atoms with E-state index in [0.717, 1.165) is 0 Å². The molecule has 4 heteroatoms. The first kappa shape index (κ1) is 23.2. The molecule has 0 saturated heterocycles. The van der Waals surface area contributed by atoms with Crippen molar-refractivity contribution in [2.75, 3.05) is 0 Å². The maximum absolute atomic E-state index is 6.25. The van der Waals surface area contributed by atoms with Crippen LogP contribution in [0.15, 0.2) is 30.3 Å². The Balaban J connectivity index is -0.000000534. The molecule has 1 aromatic rings. The maximum Gasteiger partial charge on any atom is 1.00 e. The van der Waals surface area contributed by atoms with Crippen LogP contribution in [0, 0.1) is 16.8 Å². The molecule has 0 bridgehead atoms. The summed E-state index contributed by atoms with van der Waals surface area (Å²) in [5.41, 5.74) is 2.76. The van der Waals surface area contributed by atoms with Crippen LogP contribution in [0.3, 0.4) is 0 Å². The first-order valence-corrected chi connectivity index (χ1v) is 7.88. The average Bonchev–Trinajstić information content (AvgIpc) is 2.38. The molecule has 1 aromatic carbocycles. The maximum atomic E-state index is 6.25. The van der Waals surface area contributed by atoms with Gasteiger partial charge in [0.1, 0.15) is 0 Å². The van der Waals surface area contributed by atoms with Gasteiger partial charge in [-0.2, -0.15) is 0 Å². The molecule has 0 aliphatic rings. The molecule has 1 rings (SSSR count). The summed E-state index contributed by atoms with van der Waals surface area (Å²) in [6.45, 7) is 6.99. The Labute approximate surface area is 140 Å². The first-order valence-electron chi connectivity index (χ1n) is 5.31. The van der Waals surface area contributed by atoms with Crippen LogP contribution >= 0.6 is 0 Å². The summed E-state index contributed by atoms with van der Waals surface area (Å²) in [5.74, 6) is 2.21. The summed E-state index contributed by atoms with van der Waals surface area (Å²) in [5, 5.41) is 6.25. The topological polar surface area (TPSA) is 23.8 Å². The van der Waals surface area contributed by atoms with Crippen LogP contribution in [0.2, 0.25) is 5.82 Å². The van der Waals surface area contributed by atoms with E-state index in [2.05, 4.69) is 48.1 Å².